The molecule has 16 heavy (non-hydrogen) atoms. The maximum Gasteiger partial charge on any atom is 0.321 e. The molecule has 0 atom stereocenters. The number of urea groups is 1. The predicted molar refractivity (Wildman–Crippen MR) is 68.8 cm³/mol. The van der Waals surface area contributed by atoms with Gasteiger partial charge in [0.05, 0.1) is 15.7 Å². The van der Waals surface area contributed by atoms with E-state index in [0.717, 1.165) is 0 Å². The summed E-state index contributed by atoms with van der Waals surface area (Å²) in [5, 5.41) is 3.68. The van der Waals surface area contributed by atoms with E-state index in [0.29, 0.717) is 27.3 Å². The molecule has 6 heteroatoms. The van der Waals surface area contributed by atoms with Crippen LogP contribution in [0, 0.1) is 0 Å². The van der Waals surface area contributed by atoms with Crippen LogP contribution in [0.25, 0.3) is 0 Å². The highest BCUT2D eigenvalue weighted by Gasteiger charge is 2.13. The van der Waals surface area contributed by atoms with Crippen molar-refractivity contribution in [2.45, 2.75) is 6.92 Å². The van der Waals surface area contributed by atoms with E-state index in [4.69, 9.17) is 34.8 Å². The van der Waals surface area contributed by atoms with E-state index in [1.165, 1.54) is 17.0 Å². The number of benzene rings is 1. The molecule has 1 aromatic carbocycles. The third-order valence-corrected chi connectivity index (χ3v) is 2.87. The van der Waals surface area contributed by atoms with Crippen LogP contribution in [0.3, 0.4) is 0 Å². The van der Waals surface area contributed by atoms with Gasteiger partial charge >= 0.3 is 6.03 Å². The molecule has 0 saturated heterocycles. The lowest BCUT2D eigenvalue weighted by molar-refractivity contribution is 0.224. The maximum atomic E-state index is 11.6. The number of carbonyl (C=O) groups is 1. The highest BCUT2D eigenvalue weighted by molar-refractivity contribution is 6.42. The standard InChI is InChI=1S/C10H11Cl3N2O/c1-3-15(2)10(16)14-9-7(12)4-6(11)5-8(9)13/h4-5H,3H2,1-2H3,(H,14,16). The number of carbonyl (C=O) groups excluding carboxylic acids is 1. The van der Waals surface area contributed by atoms with Crippen LogP contribution in [0.5, 0.6) is 0 Å². The minimum atomic E-state index is -0.270. The van der Waals surface area contributed by atoms with Crippen LogP contribution in [0.1, 0.15) is 6.92 Å². The fraction of sp³-hybridized carbons (Fsp3) is 0.300. The fourth-order valence-electron chi connectivity index (χ4n) is 1.01. The van der Waals surface area contributed by atoms with Gasteiger partial charge in [-0.3, -0.25) is 0 Å². The summed E-state index contributed by atoms with van der Waals surface area (Å²) in [5.74, 6) is 0. The topological polar surface area (TPSA) is 32.3 Å². The van der Waals surface area contributed by atoms with Crippen molar-refractivity contribution in [3.63, 3.8) is 0 Å². The SMILES string of the molecule is CCN(C)C(=O)Nc1c(Cl)cc(Cl)cc1Cl. The summed E-state index contributed by atoms with van der Waals surface area (Å²) in [5.41, 5.74) is 0.373. The Labute approximate surface area is 109 Å². The molecule has 0 aliphatic heterocycles. The lowest BCUT2D eigenvalue weighted by Gasteiger charge is -2.17. The van der Waals surface area contributed by atoms with Gasteiger partial charge in [-0.2, -0.15) is 0 Å². The van der Waals surface area contributed by atoms with Gasteiger partial charge in [0.1, 0.15) is 0 Å². The zero-order valence-electron chi connectivity index (χ0n) is 8.85. The zero-order valence-corrected chi connectivity index (χ0v) is 11.1. The van der Waals surface area contributed by atoms with Gasteiger partial charge < -0.3 is 10.2 Å². The van der Waals surface area contributed by atoms with Gasteiger partial charge in [-0.05, 0) is 19.1 Å². The molecule has 0 saturated carbocycles. The van der Waals surface area contributed by atoms with Crippen molar-refractivity contribution in [1.29, 1.82) is 0 Å². The van der Waals surface area contributed by atoms with Crippen molar-refractivity contribution < 1.29 is 4.79 Å². The largest absolute Gasteiger partial charge is 0.328 e. The molecule has 0 bridgehead atoms. The van der Waals surface area contributed by atoms with E-state index in [1.54, 1.807) is 7.05 Å². The fourth-order valence-corrected chi connectivity index (χ4v) is 1.92. The Bertz CT molecular complexity index is 386. The van der Waals surface area contributed by atoms with E-state index >= 15 is 0 Å². The second-order valence-corrected chi connectivity index (χ2v) is 4.44. The number of hydrogen-bond acceptors (Lipinski definition) is 1. The van der Waals surface area contributed by atoms with E-state index < -0.39 is 0 Å². The summed E-state index contributed by atoms with van der Waals surface area (Å²) < 4.78 is 0. The third kappa shape index (κ3) is 3.17. The first-order valence-electron chi connectivity index (χ1n) is 4.62. The minimum Gasteiger partial charge on any atom is -0.328 e. The summed E-state index contributed by atoms with van der Waals surface area (Å²) >= 11 is 17.6. The van der Waals surface area contributed by atoms with Crippen LogP contribution in [0.15, 0.2) is 12.1 Å². The Kier molecular flexibility index (Phi) is 4.71. The van der Waals surface area contributed by atoms with Gasteiger partial charge in [-0.25, -0.2) is 4.79 Å². The second-order valence-electron chi connectivity index (χ2n) is 3.19. The average molecular weight is 282 g/mol. The first kappa shape index (κ1) is 13.4. The lowest BCUT2D eigenvalue weighted by atomic mass is 10.3. The third-order valence-electron chi connectivity index (χ3n) is 2.06. The Morgan fingerprint density at radius 1 is 1.31 bits per heavy atom. The van der Waals surface area contributed by atoms with Gasteiger partial charge in [0, 0.05) is 18.6 Å². The lowest BCUT2D eigenvalue weighted by Crippen LogP contribution is -2.31. The van der Waals surface area contributed by atoms with Crippen molar-refractivity contribution in [3.8, 4) is 0 Å². The van der Waals surface area contributed by atoms with E-state index in [1.807, 2.05) is 6.92 Å². The van der Waals surface area contributed by atoms with Crippen LogP contribution in [0.4, 0.5) is 10.5 Å². The Morgan fingerprint density at radius 2 is 1.81 bits per heavy atom. The quantitative estimate of drug-likeness (QED) is 0.868. The second kappa shape index (κ2) is 5.62. The number of amides is 2. The monoisotopic (exact) mass is 280 g/mol. The van der Waals surface area contributed by atoms with Crippen molar-refractivity contribution in [3.05, 3.63) is 27.2 Å². The van der Waals surface area contributed by atoms with Crippen LogP contribution < -0.4 is 5.32 Å². The van der Waals surface area contributed by atoms with Crippen LogP contribution in [-0.4, -0.2) is 24.5 Å². The predicted octanol–water partition coefficient (Wildman–Crippen LogP) is 4.13. The zero-order chi connectivity index (χ0) is 12.3. The minimum absolute atomic E-state index is 0.270. The van der Waals surface area contributed by atoms with Gasteiger partial charge in [0.15, 0.2) is 0 Å². The van der Waals surface area contributed by atoms with Gasteiger partial charge in [-0.15, -0.1) is 0 Å². The number of hydrogen-bond donors (Lipinski definition) is 1. The van der Waals surface area contributed by atoms with E-state index in [2.05, 4.69) is 5.32 Å². The Hall–Kier alpha value is -0.640. The number of halogens is 3. The maximum absolute atomic E-state index is 11.6. The first-order valence-corrected chi connectivity index (χ1v) is 5.75. The molecule has 0 heterocycles. The number of rotatable bonds is 2. The molecule has 88 valence electrons. The molecule has 1 aromatic rings. The molecule has 0 fully saturated rings. The normalized spacial score (nSPS) is 10.1. The number of nitrogens with one attached hydrogen (secondary N) is 1. The average Bonchev–Trinajstić information content (AvgIpc) is 2.21. The van der Waals surface area contributed by atoms with Gasteiger partial charge in [-0.1, -0.05) is 34.8 Å². The molecule has 0 aliphatic carbocycles. The molecule has 1 rings (SSSR count). The summed E-state index contributed by atoms with van der Waals surface area (Å²) in [6.07, 6.45) is 0. The highest BCUT2D eigenvalue weighted by Crippen LogP contribution is 2.33. The van der Waals surface area contributed by atoms with Crippen LogP contribution in [-0.2, 0) is 0 Å². The van der Waals surface area contributed by atoms with Crippen molar-refractivity contribution >= 4 is 46.5 Å². The van der Waals surface area contributed by atoms with Gasteiger partial charge in [0.2, 0.25) is 0 Å². The summed E-state index contributed by atoms with van der Waals surface area (Å²) in [7, 11) is 1.67. The smallest absolute Gasteiger partial charge is 0.321 e. The van der Waals surface area contributed by atoms with Crippen LogP contribution >= 0.6 is 34.8 Å². The summed E-state index contributed by atoms with van der Waals surface area (Å²) in [4.78, 5) is 13.1. The highest BCUT2D eigenvalue weighted by atomic mass is 35.5. The van der Waals surface area contributed by atoms with Crippen molar-refractivity contribution in [1.82, 2.24) is 4.90 Å². The molecular weight excluding hydrogens is 270 g/mol. The Morgan fingerprint density at radius 3 is 2.25 bits per heavy atom. The van der Waals surface area contributed by atoms with Crippen molar-refractivity contribution in [2.75, 3.05) is 18.9 Å². The molecule has 0 unspecified atom stereocenters. The summed E-state index contributed by atoms with van der Waals surface area (Å²) in [6, 6.07) is 2.78. The van der Waals surface area contributed by atoms with E-state index in [-0.39, 0.29) is 6.03 Å². The molecule has 0 aromatic heterocycles. The number of anilines is 1. The molecule has 2 amide bonds. The molecule has 0 aliphatic rings. The number of nitrogens with zero attached hydrogens (tertiary/aromatic N) is 1. The van der Waals surface area contributed by atoms with Gasteiger partial charge in [0.25, 0.3) is 0 Å². The molecule has 3 nitrogen and oxygen atoms in total. The van der Waals surface area contributed by atoms with Crippen LogP contribution in [0.2, 0.25) is 15.1 Å². The van der Waals surface area contributed by atoms with Crippen molar-refractivity contribution in [2.24, 2.45) is 0 Å². The molecular formula is C10H11Cl3N2O. The molecule has 0 spiro atoms. The first-order chi connectivity index (χ1) is 7.45. The van der Waals surface area contributed by atoms with E-state index in [9.17, 15) is 4.79 Å². The molecule has 1 N–H and O–H groups in total. The summed E-state index contributed by atoms with van der Waals surface area (Å²) in [6.45, 7) is 2.46. The molecule has 0 radical (unpaired) electrons. The Balaban J connectivity index is 2.93.